The summed E-state index contributed by atoms with van der Waals surface area (Å²) in [5.74, 6) is 0.311. The molecule has 0 aromatic heterocycles. The number of hydrogen-bond acceptors (Lipinski definition) is 3. The summed E-state index contributed by atoms with van der Waals surface area (Å²) in [6, 6.07) is 10.2. The molecule has 0 saturated carbocycles. The molecule has 3 N–H and O–H groups in total. The minimum atomic E-state index is -0.106. The SMILES string of the molecule is CCC(CC(=O)N1CCCC(C(=O)NCCN)C1)c1ccccc1. The van der Waals surface area contributed by atoms with Crippen molar-refractivity contribution >= 4 is 11.8 Å². The van der Waals surface area contributed by atoms with Gasteiger partial charge in [-0.05, 0) is 30.7 Å². The predicted molar refractivity (Wildman–Crippen MR) is 95.5 cm³/mol. The highest BCUT2D eigenvalue weighted by Crippen LogP contribution is 2.25. The maximum Gasteiger partial charge on any atom is 0.224 e. The molecule has 0 spiro atoms. The summed E-state index contributed by atoms with van der Waals surface area (Å²) < 4.78 is 0. The highest BCUT2D eigenvalue weighted by molar-refractivity contribution is 5.81. The van der Waals surface area contributed by atoms with Crippen molar-refractivity contribution in [2.75, 3.05) is 26.2 Å². The highest BCUT2D eigenvalue weighted by Gasteiger charge is 2.29. The Morgan fingerprint density at radius 1 is 1.33 bits per heavy atom. The van der Waals surface area contributed by atoms with Crippen LogP contribution in [0.5, 0.6) is 0 Å². The van der Waals surface area contributed by atoms with E-state index in [9.17, 15) is 9.59 Å². The van der Waals surface area contributed by atoms with Crippen LogP contribution in [0.4, 0.5) is 0 Å². The van der Waals surface area contributed by atoms with Gasteiger partial charge in [-0.3, -0.25) is 9.59 Å². The Kier molecular flexibility index (Phi) is 7.25. The lowest BCUT2D eigenvalue weighted by molar-refractivity contribution is -0.136. The molecule has 0 bridgehead atoms. The molecule has 2 atom stereocenters. The Morgan fingerprint density at radius 3 is 2.75 bits per heavy atom. The maximum absolute atomic E-state index is 12.7. The molecule has 1 heterocycles. The highest BCUT2D eigenvalue weighted by atomic mass is 16.2. The van der Waals surface area contributed by atoms with E-state index >= 15 is 0 Å². The second kappa shape index (κ2) is 9.42. The first-order valence-corrected chi connectivity index (χ1v) is 8.96. The average molecular weight is 331 g/mol. The van der Waals surface area contributed by atoms with Crippen LogP contribution in [0.2, 0.25) is 0 Å². The molecule has 0 radical (unpaired) electrons. The van der Waals surface area contributed by atoms with E-state index in [1.54, 1.807) is 0 Å². The molecular formula is C19H29N3O2. The Labute approximate surface area is 144 Å². The number of likely N-dealkylation sites (tertiary alicyclic amines) is 1. The number of carbonyl (C=O) groups excluding carboxylic acids is 2. The third kappa shape index (κ3) is 5.06. The third-order valence-electron chi connectivity index (χ3n) is 4.77. The fourth-order valence-corrected chi connectivity index (χ4v) is 3.32. The van der Waals surface area contributed by atoms with E-state index in [0.717, 1.165) is 25.8 Å². The summed E-state index contributed by atoms with van der Waals surface area (Å²) in [5.41, 5.74) is 6.64. The first-order chi connectivity index (χ1) is 11.7. The van der Waals surface area contributed by atoms with E-state index in [0.29, 0.717) is 26.1 Å². The molecule has 1 aliphatic rings. The van der Waals surface area contributed by atoms with Gasteiger partial charge in [-0.15, -0.1) is 0 Å². The molecule has 0 aliphatic carbocycles. The topological polar surface area (TPSA) is 75.4 Å². The van der Waals surface area contributed by atoms with Crippen molar-refractivity contribution < 1.29 is 9.59 Å². The van der Waals surface area contributed by atoms with Crippen LogP contribution in [0.3, 0.4) is 0 Å². The van der Waals surface area contributed by atoms with Crippen LogP contribution in [0, 0.1) is 5.92 Å². The average Bonchev–Trinajstić information content (AvgIpc) is 2.64. The van der Waals surface area contributed by atoms with Gasteiger partial charge in [0.05, 0.1) is 5.92 Å². The zero-order valence-electron chi connectivity index (χ0n) is 14.5. The number of piperidine rings is 1. The van der Waals surface area contributed by atoms with E-state index in [-0.39, 0.29) is 23.7 Å². The van der Waals surface area contributed by atoms with Crippen molar-refractivity contribution in [3.05, 3.63) is 35.9 Å². The van der Waals surface area contributed by atoms with Crippen LogP contribution in [0.25, 0.3) is 0 Å². The van der Waals surface area contributed by atoms with Crippen molar-refractivity contribution in [3.8, 4) is 0 Å². The van der Waals surface area contributed by atoms with E-state index in [4.69, 9.17) is 5.73 Å². The van der Waals surface area contributed by atoms with Gasteiger partial charge in [0.1, 0.15) is 0 Å². The first-order valence-electron chi connectivity index (χ1n) is 8.96. The van der Waals surface area contributed by atoms with E-state index < -0.39 is 0 Å². The Hall–Kier alpha value is -1.88. The number of benzene rings is 1. The fourth-order valence-electron chi connectivity index (χ4n) is 3.32. The molecule has 1 fully saturated rings. The number of hydrogen-bond donors (Lipinski definition) is 2. The molecule has 5 nitrogen and oxygen atoms in total. The Bertz CT molecular complexity index is 533. The van der Waals surface area contributed by atoms with Gasteiger partial charge in [0, 0.05) is 32.6 Å². The normalized spacial score (nSPS) is 18.9. The number of nitrogens with zero attached hydrogens (tertiary/aromatic N) is 1. The van der Waals surface area contributed by atoms with E-state index in [1.807, 2.05) is 23.1 Å². The molecule has 24 heavy (non-hydrogen) atoms. The van der Waals surface area contributed by atoms with Gasteiger partial charge >= 0.3 is 0 Å². The van der Waals surface area contributed by atoms with Gasteiger partial charge < -0.3 is 16.0 Å². The third-order valence-corrected chi connectivity index (χ3v) is 4.77. The predicted octanol–water partition coefficient (Wildman–Crippen LogP) is 1.88. The molecule has 1 aromatic carbocycles. The minimum Gasteiger partial charge on any atom is -0.355 e. The summed E-state index contributed by atoms with van der Waals surface area (Å²) in [7, 11) is 0. The Morgan fingerprint density at radius 2 is 2.08 bits per heavy atom. The fraction of sp³-hybridized carbons (Fsp3) is 0.579. The first kappa shape index (κ1) is 18.5. The molecule has 2 unspecified atom stereocenters. The maximum atomic E-state index is 12.7. The smallest absolute Gasteiger partial charge is 0.224 e. The van der Waals surface area contributed by atoms with Gasteiger partial charge in [0.2, 0.25) is 11.8 Å². The molecular weight excluding hydrogens is 302 g/mol. The van der Waals surface area contributed by atoms with Crippen LogP contribution in [-0.4, -0.2) is 42.9 Å². The van der Waals surface area contributed by atoms with Crippen LogP contribution in [0.15, 0.2) is 30.3 Å². The van der Waals surface area contributed by atoms with Crippen molar-refractivity contribution in [3.63, 3.8) is 0 Å². The van der Waals surface area contributed by atoms with Crippen LogP contribution >= 0.6 is 0 Å². The lowest BCUT2D eigenvalue weighted by Crippen LogP contribution is -2.46. The summed E-state index contributed by atoms with van der Waals surface area (Å²) >= 11 is 0. The van der Waals surface area contributed by atoms with Crippen molar-refractivity contribution in [1.82, 2.24) is 10.2 Å². The summed E-state index contributed by atoms with van der Waals surface area (Å²) in [6.07, 6.45) is 3.17. The summed E-state index contributed by atoms with van der Waals surface area (Å²) in [5, 5.41) is 2.84. The van der Waals surface area contributed by atoms with Gasteiger partial charge in [0.15, 0.2) is 0 Å². The van der Waals surface area contributed by atoms with E-state index in [2.05, 4.69) is 24.4 Å². The summed E-state index contributed by atoms with van der Waals surface area (Å²) in [4.78, 5) is 26.7. The molecule has 5 heteroatoms. The molecule has 1 saturated heterocycles. The molecule has 2 amide bonds. The standard InChI is InChI=1S/C19H29N3O2/c1-2-15(16-7-4-3-5-8-16)13-18(23)22-12-6-9-17(14-22)19(24)21-11-10-20/h3-5,7-8,15,17H,2,6,9-14,20H2,1H3,(H,21,24). The van der Waals surface area contributed by atoms with E-state index in [1.165, 1.54) is 5.56 Å². The van der Waals surface area contributed by atoms with Gasteiger partial charge in [-0.2, -0.15) is 0 Å². The van der Waals surface area contributed by atoms with Crippen molar-refractivity contribution in [2.24, 2.45) is 11.7 Å². The van der Waals surface area contributed by atoms with Gasteiger partial charge in [0.25, 0.3) is 0 Å². The number of nitrogens with one attached hydrogen (secondary N) is 1. The number of carbonyl (C=O) groups is 2. The molecule has 132 valence electrons. The largest absolute Gasteiger partial charge is 0.355 e. The molecule has 2 rings (SSSR count). The lowest BCUT2D eigenvalue weighted by atomic mass is 9.91. The monoisotopic (exact) mass is 331 g/mol. The second-order valence-corrected chi connectivity index (χ2v) is 6.48. The molecule has 1 aromatic rings. The van der Waals surface area contributed by atoms with Crippen molar-refractivity contribution in [2.45, 2.75) is 38.5 Å². The molecule has 1 aliphatic heterocycles. The minimum absolute atomic E-state index is 0.0213. The number of rotatable bonds is 7. The number of nitrogens with two attached hydrogens (primary N) is 1. The van der Waals surface area contributed by atoms with Gasteiger partial charge in [-0.1, -0.05) is 37.3 Å². The van der Waals surface area contributed by atoms with Crippen molar-refractivity contribution in [1.29, 1.82) is 0 Å². The zero-order valence-corrected chi connectivity index (χ0v) is 14.5. The van der Waals surface area contributed by atoms with Gasteiger partial charge in [-0.25, -0.2) is 0 Å². The second-order valence-electron chi connectivity index (χ2n) is 6.48. The van der Waals surface area contributed by atoms with Crippen LogP contribution in [0.1, 0.15) is 44.1 Å². The Balaban J connectivity index is 1.92. The van der Waals surface area contributed by atoms with Crippen LogP contribution in [-0.2, 0) is 9.59 Å². The zero-order chi connectivity index (χ0) is 17.4. The quantitative estimate of drug-likeness (QED) is 0.801. The van der Waals surface area contributed by atoms with Crippen LogP contribution < -0.4 is 11.1 Å². The number of amides is 2. The lowest BCUT2D eigenvalue weighted by Gasteiger charge is -2.33. The summed E-state index contributed by atoms with van der Waals surface area (Å²) in [6.45, 7) is 4.33.